The Morgan fingerprint density at radius 1 is 0.390 bits per heavy atom. The summed E-state index contributed by atoms with van der Waals surface area (Å²) in [5.41, 5.74) is 9.33. The molecule has 0 saturated heterocycles. The Kier molecular flexibility index (Phi) is 6.34. The Morgan fingerprint density at radius 2 is 0.902 bits per heavy atom. The third-order valence-corrected chi connectivity index (χ3v) is 7.20. The van der Waals surface area contributed by atoms with Crippen molar-refractivity contribution in [3.63, 3.8) is 0 Å². The monoisotopic (exact) mass is 526 g/mol. The van der Waals surface area contributed by atoms with E-state index in [1.165, 1.54) is 5.56 Å². The maximum atomic E-state index is 5.00. The second kappa shape index (κ2) is 10.6. The number of benzene rings is 5. The summed E-state index contributed by atoms with van der Waals surface area (Å²) in [6, 6.07) is 45.7. The van der Waals surface area contributed by atoms with Crippen molar-refractivity contribution in [2.45, 2.75) is 6.92 Å². The second-order valence-electron chi connectivity index (χ2n) is 10.1. The summed E-state index contributed by atoms with van der Waals surface area (Å²) in [7, 11) is 0. The van der Waals surface area contributed by atoms with Crippen LogP contribution in [0.5, 0.6) is 0 Å². The van der Waals surface area contributed by atoms with E-state index in [2.05, 4.69) is 61.5 Å². The van der Waals surface area contributed by atoms with Gasteiger partial charge in [0.25, 0.3) is 0 Å². The van der Waals surface area contributed by atoms with Crippen molar-refractivity contribution >= 4 is 10.9 Å². The molecule has 194 valence electrons. The van der Waals surface area contributed by atoms with Crippen molar-refractivity contribution in [2.24, 2.45) is 0 Å². The van der Waals surface area contributed by atoms with Crippen LogP contribution < -0.4 is 0 Å². The number of hydrogen-bond donors (Lipinski definition) is 0. The molecule has 4 nitrogen and oxygen atoms in total. The molecule has 5 aromatic carbocycles. The molecule has 0 aliphatic carbocycles. The van der Waals surface area contributed by atoms with E-state index in [-0.39, 0.29) is 0 Å². The van der Waals surface area contributed by atoms with Gasteiger partial charge in [-0.2, -0.15) is 0 Å². The molecule has 4 heteroatoms. The van der Waals surface area contributed by atoms with Crippen molar-refractivity contribution in [1.29, 1.82) is 0 Å². The van der Waals surface area contributed by atoms with Crippen LogP contribution >= 0.6 is 0 Å². The molecule has 0 aliphatic rings. The third-order valence-electron chi connectivity index (χ3n) is 7.20. The molecule has 0 amide bonds. The molecule has 41 heavy (non-hydrogen) atoms. The lowest BCUT2D eigenvalue weighted by molar-refractivity contribution is 1.07. The molecule has 7 rings (SSSR count). The summed E-state index contributed by atoms with van der Waals surface area (Å²) in [6.07, 6.45) is 1.94. The number of aromatic nitrogens is 4. The standard InChI is InChI=1S/C37H26N4/c1-25-16-18-26(19-17-25)30-21-31(33-20-29-14-8-9-15-34(29)38-24-33)23-32(22-30)37-40-35(27-10-4-2-5-11-27)39-36(41-37)28-12-6-3-7-13-28/h2-24H,1H3. The maximum Gasteiger partial charge on any atom is 0.164 e. The first-order chi connectivity index (χ1) is 20.2. The SMILES string of the molecule is Cc1ccc(-c2cc(-c3cnc4ccccc4c3)cc(-c3nc(-c4ccccc4)nc(-c4ccccc4)n3)c2)cc1. The van der Waals surface area contributed by atoms with Gasteiger partial charge in [0.05, 0.1) is 5.52 Å². The summed E-state index contributed by atoms with van der Waals surface area (Å²) in [4.78, 5) is 19.6. The van der Waals surface area contributed by atoms with Crippen LogP contribution in [0.1, 0.15) is 5.56 Å². The molecule has 7 aromatic rings. The summed E-state index contributed by atoms with van der Waals surface area (Å²) in [5, 5.41) is 1.10. The van der Waals surface area contributed by atoms with E-state index in [9.17, 15) is 0 Å². The Labute approximate surface area is 239 Å². The highest BCUT2D eigenvalue weighted by Gasteiger charge is 2.15. The van der Waals surface area contributed by atoms with Crippen molar-refractivity contribution in [1.82, 2.24) is 19.9 Å². The average molecular weight is 527 g/mol. The summed E-state index contributed by atoms with van der Waals surface area (Å²) >= 11 is 0. The number of fused-ring (bicyclic) bond motifs is 1. The van der Waals surface area contributed by atoms with E-state index in [1.807, 2.05) is 85.1 Å². The van der Waals surface area contributed by atoms with Crippen molar-refractivity contribution in [3.8, 4) is 56.4 Å². The zero-order valence-electron chi connectivity index (χ0n) is 22.6. The lowest BCUT2D eigenvalue weighted by Crippen LogP contribution is -2.00. The zero-order valence-corrected chi connectivity index (χ0v) is 22.6. The Bertz CT molecular complexity index is 1930. The number of nitrogens with zero attached hydrogens (tertiary/aromatic N) is 4. The van der Waals surface area contributed by atoms with Gasteiger partial charge in [-0.1, -0.05) is 109 Å². The molecule has 0 fully saturated rings. The average Bonchev–Trinajstić information content (AvgIpc) is 3.05. The molecular weight excluding hydrogens is 500 g/mol. The normalized spacial score (nSPS) is 11.0. The number of hydrogen-bond acceptors (Lipinski definition) is 4. The Morgan fingerprint density at radius 3 is 1.54 bits per heavy atom. The topological polar surface area (TPSA) is 51.6 Å². The van der Waals surface area contributed by atoms with E-state index in [1.54, 1.807) is 0 Å². The molecule has 0 saturated carbocycles. The molecule has 0 radical (unpaired) electrons. The van der Waals surface area contributed by atoms with Crippen LogP contribution in [-0.4, -0.2) is 19.9 Å². The van der Waals surface area contributed by atoms with E-state index >= 15 is 0 Å². The molecule has 2 aromatic heterocycles. The van der Waals surface area contributed by atoms with Crippen LogP contribution in [0.15, 0.2) is 140 Å². The highest BCUT2D eigenvalue weighted by Crippen LogP contribution is 2.34. The van der Waals surface area contributed by atoms with Gasteiger partial charge in [0.15, 0.2) is 17.5 Å². The molecule has 0 atom stereocenters. The van der Waals surface area contributed by atoms with Gasteiger partial charge in [-0.25, -0.2) is 15.0 Å². The van der Waals surface area contributed by atoms with Crippen molar-refractivity contribution in [3.05, 3.63) is 145 Å². The predicted molar refractivity (Wildman–Crippen MR) is 167 cm³/mol. The van der Waals surface area contributed by atoms with Crippen molar-refractivity contribution < 1.29 is 0 Å². The molecule has 2 heterocycles. The minimum Gasteiger partial charge on any atom is -0.256 e. The maximum absolute atomic E-state index is 5.00. The van der Waals surface area contributed by atoms with Gasteiger partial charge < -0.3 is 0 Å². The molecule has 0 spiro atoms. The second-order valence-corrected chi connectivity index (χ2v) is 10.1. The smallest absolute Gasteiger partial charge is 0.164 e. The van der Waals surface area contributed by atoms with Crippen molar-refractivity contribution in [2.75, 3.05) is 0 Å². The minimum atomic E-state index is 0.627. The van der Waals surface area contributed by atoms with E-state index in [4.69, 9.17) is 19.9 Å². The first-order valence-electron chi connectivity index (χ1n) is 13.6. The number of para-hydroxylation sites is 1. The molecule has 0 unspecified atom stereocenters. The summed E-state index contributed by atoms with van der Waals surface area (Å²) in [5.74, 6) is 1.91. The van der Waals surface area contributed by atoms with E-state index in [0.717, 1.165) is 49.8 Å². The van der Waals surface area contributed by atoms with Crippen LogP contribution in [0.2, 0.25) is 0 Å². The van der Waals surface area contributed by atoms with Crippen LogP contribution in [-0.2, 0) is 0 Å². The lowest BCUT2D eigenvalue weighted by Gasteiger charge is -2.13. The quantitative estimate of drug-likeness (QED) is 0.224. The van der Waals surface area contributed by atoms with Gasteiger partial charge in [-0.15, -0.1) is 0 Å². The Balaban J connectivity index is 1.45. The first kappa shape index (κ1) is 24.6. The number of rotatable bonds is 5. The molecular formula is C37H26N4. The molecule has 0 aliphatic heterocycles. The summed E-state index contributed by atoms with van der Waals surface area (Å²) < 4.78 is 0. The van der Waals surface area contributed by atoms with Gasteiger partial charge in [0.2, 0.25) is 0 Å². The first-order valence-corrected chi connectivity index (χ1v) is 13.6. The molecule has 0 N–H and O–H groups in total. The Hall–Kier alpha value is -5.48. The largest absolute Gasteiger partial charge is 0.256 e. The van der Waals surface area contributed by atoms with Crippen LogP contribution in [0, 0.1) is 6.92 Å². The highest BCUT2D eigenvalue weighted by molar-refractivity contribution is 5.86. The fourth-order valence-corrected chi connectivity index (χ4v) is 5.00. The fraction of sp³-hybridized carbons (Fsp3) is 0.0270. The highest BCUT2D eigenvalue weighted by atomic mass is 15.0. The number of pyridine rings is 1. The third kappa shape index (κ3) is 5.11. The van der Waals surface area contributed by atoms with Gasteiger partial charge in [-0.3, -0.25) is 4.98 Å². The van der Waals surface area contributed by atoms with E-state index < -0.39 is 0 Å². The van der Waals surface area contributed by atoms with Crippen LogP contribution in [0.25, 0.3) is 67.3 Å². The van der Waals surface area contributed by atoms with Gasteiger partial charge in [0, 0.05) is 33.8 Å². The predicted octanol–water partition coefficient (Wildman–Crippen LogP) is 9.06. The minimum absolute atomic E-state index is 0.627. The van der Waals surface area contributed by atoms with Gasteiger partial charge in [0.1, 0.15) is 0 Å². The van der Waals surface area contributed by atoms with Crippen LogP contribution in [0.4, 0.5) is 0 Å². The summed E-state index contributed by atoms with van der Waals surface area (Å²) in [6.45, 7) is 2.10. The lowest BCUT2D eigenvalue weighted by atomic mass is 9.95. The van der Waals surface area contributed by atoms with Crippen LogP contribution in [0.3, 0.4) is 0 Å². The molecule has 0 bridgehead atoms. The fourth-order valence-electron chi connectivity index (χ4n) is 5.00. The van der Waals surface area contributed by atoms with Gasteiger partial charge >= 0.3 is 0 Å². The number of aryl methyl sites for hydroxylation is 1. The van der Waals surface area contributed by atoms with E-state index in [0.29, 0.717) is 17.5 Å². The van der Waals surface area contributed by atoms with Gasteiger partial charge in [-0.05, 0) is 53.9 Å². The zero-order chi connectivity index (χ0) is 27.6.